The van der Waals surface area contributed by atoms with Crippen LogP contribution < -0.4 is 5.32 Å². The van der Waals surface area contributed by atoms with E-state index in [9.17, 15) is 9.18 Å². The average molecular weight is 356 g/mol. The number of fused-ring (bicyclic) bond motifs is 1. The van der Waals surface area contributed by atoms with Crippen LogP contribution in [0.2, 0.25) is 5.15 Å². The summed E-state index contributed by atoms with van der Waals surface area (Å²) in [7, 11) is 0. The van der Waals surface area contributed by atoms with Crippen molar-refractivity contribution in [1.29, 1.82) is 0 Å². The third-order valence-electron chi connectivity index (χ3n) is 4.33. The van der Waals surface area contributed by atoms with E-state index in [4.69, 9.17) is 11.6 Å². The Balaban J connectivity index is 1.42. The number of pyridine rings is 1. The summed E-state index contributed by atoms with van der Waals surface area (Å²) >= 11 is 6.14. The van der Waals surface area contributed by atoms with Gasteiger partial charge in [-0.15, -0.1) is 0 Å². The molecular formula is C19H15ClFN3O. The van der Waals surface area contributed by atoms with Crippen molar-refractivity contribution in [2.45, 2.75) is 18.4 Å². The molecule has 4 rings (SSSR count). The number of carbonyl (C=O) groups excluding carboxylic acids is 1. The first-order valence-corrected chi connectivity index (χ1v) is 8.36. The highest BCUT2D eigenvalue weighted by molar-refractivity contribution is 6.31. The molecule has 0 bridgehead atoms. The second-order valence-electron chi connectivity index (χ2n) is 6.06. The lowest BCUT2D eigenvalue weighted by molar-refractivity contribution is -0.116. The van der Waals surface area contributed by atoms with E-state index in [0.717, 1.165) is 17.6 Å². The first-order chi connectivity index (χ1) is 12.1. The molecule has 0 aliphatic heterocycles. The van der Waals surface area contributed by atoms with Crippen molar-refractivity contribution in [2.24, 2.45) is 0 Å². The minimum Gasteiger partial charge on any atom is -0.349 e. The van der Waals surface area contributed by atoms with E-state index in [1.807, 2.05) is 28.8 Å². The van der Waals surface area contributed by atoms with Crippen molar-refractivity contribution < 1.29 is 9.18 Å². The molecule has 1 saturated carbocycles. The summed E-state index contributed by atoms with van der Waals surface area (Å²) in [5.74, 6) is -0.188. The van der Waals surface area contributed by atoms with Crippen molar-refractivity contribution in [2.75, 3.05) is 0 Å². The van der Waals surface area contributed by atoms with Crippen molar-refractivity contribution in [3.63, 3.8) is 0 Å². The Labute approximate surface area is 149 Å². The quantitative estimate of drug-likeness (QED) is 0.723. The number of aromatic nitrogens is 2. The molecule has 1 amide bonds. The molecule has 2 heterocycles. The van der Waals surface area contributed by atoms with Crippen molar-refractivity contribution in [1.82, 2.24) is 14.7 Å². The highest BCUT2D eigenvalue weighted by Gasteiger charge is 2.39. The zero-order valence-corrected chi connectivity index (χ0v) is 13.9. The van der Waals surface area contributed by atoms with Gasteiger partial charge in [-0.05, 0) is 42.3 Å². The van der Waals surface area contributed by atoms with Gasteiger partial charge in [0.05, 0.1) is 5.69 Å². The molecule has 2 atom stereocenters. The number of rotatable bonds is 4. The smallest absolute Gasteiger partial charge is 0.244 e. The maximum atomic E-state index is 13.0. The number of carbonyl (C=O) groups is 1. The van der Waals surface area contributed by atoms with Crippen LogP contribution in [0.5, 0.6) is 0 Å². The van der Waals surface area contributed by atoms with Crippen LogP contribution in [0, 0.1) is 5.82 Å². The molecule has 126 valence electrons. The van der Waals surface area contributed by atoms with Crippen molar-refractivity contribution >= 4 is 29.2 Å². The standard InChI is InChI=1S/C19H15ClFN3O/c20-19-16(24-10-2-1-3-17(24)23-19)8-9-18(25)22-15-11-14(15)12-4-6-13(21)7-5-12/h1-10,14-15H,11H2,(H,22,25). The number of nitrogens with one attached hydrogen (secondary N) is 1. The molecule has 1 aliphatic rings. The predicted molar refractivity (Wildman–Crippen MR) is 94.9 cm³/mol. The minimum absolute atomic E-state index is 0.0836. The second kappa shape index (κ2) is 6.33. The maximum Gasteiger partial charge on any atom is 0.244 e. The molecule has 6 heteroatoms. The summed E-state index contributed by atoms with van der Waals surface area (Å²) in [6, 6.07) is 12.1. The van der Waals surface area contributed by atoms with Crippen molar-refractivity contribution in [3.8, 4) is 0 Å². The summed E-state index contributed by atoms with van der Waals surface area (Å²) in [6.07, 6.45) is 5.83. The lowest BCUT2D eigenvalue weighted by Gasteiger charge is -2.02. The third kappa shape index (κ3) is 3.28. The van der Waals surface area contributed by atoms with Crippen LogP contribution in [0.25, 0.3) is 11.7 Å². The SMILES string of the molecule is O=C(C=Cc1c(Cl)nc2ccccn12)NC1CC1c1ccc(F)cc1. The summed E-state index contributed by atoms with van der Waals surface area (Å²) in [4.78, 5) is 16.4. The zero-order valence-electron chi connectivity index (χ0n) is 13.2. The van der Waals surface area contributed by atoms with E-state index in [1.165, 1.54) is 18.2 Å². The fraction of sp³-hybridized carbons (Fsp3) is 0.158. The molecule has 1 N–H and O–H groups in total. The number of halogens is 2. The average Bonchev–Trinajstić information content (AvgIpc) is 3.28. The van der Waals surface area contributed by atoms with Gasteiger partial charge in [0.2, 0.25) is 5.91 Å². The summed E-state index contributed by atoms with van der Waals surface area (Å²) in [6.45, 7) is 0. The number of hydrogen-bond acceptors (Lipinski definition) is 2. The number of imidazole rings is 1. The number of benzene rings is 1. The van der Waals surface area contributed by atoms with Gasteiger partial charge in [-0.25, -0.2) is 9.37 Å². The highest BCUT2D eigenvalue weighted by atomic mass is 35.5. The molecule has 3 aromatic rings. The first-order valence-electron chi connectivity index (χ1n) is 7.98. The van der Waals surface area contributed by atoms with Crippen LogP contribution in [0.4, 0.5) is 4.39 Å². The van der Waals surface area contributed by atoms with Gasteiger partial charge in [0, 0.05) is 24.2 Å². The topological polar surface area (TPSA) is 46.4 Å². The van der Waals surface area contributed by atoms with E-state index in [2.05, 4.69) is 10.3 Å². The molecule has 25 heavy (non-hydrogen) atoms. The molecule has 0 radical (unpaired) electrons. The molecule has 0 spiro atoms. The molecule has 1 aromatic carbocycles. The molecule has 2 unspecified atom stereocenters. The van der Waals surface area contributed by atoms with Crippen LogP contribution in [-0.2, 0) is 4.79 Å². The van der Waals surface area contributed by atoms with Gasteiger partial charge in [-0.1, -0.05) is 29.8 Å². The third-order valence-corrected chi connectivity index (χ3v) is 4.61. The van der Waals surface area contributed by atoms with Crippen LogP contribution in [-0.4, -0.2) is 21.3 Å². The largest absolute Gasteiger partial charge is 0.349 e. The van der Waals surface area contributed by atoms with E-state index >= 15 is 0 Å². The Morgan fingerprint density at radius 1 is 1.28 bits per heavy atom. The van der Waals surface area contributed by atoms with Crippen molar-refractivity contribution in [3.05, 3.63) is 77.0 Å². The molecule has 1 aliphatic carbocycles. The Kier molecular flexibility index (Phi) is 4.01. The van der Waals surface area contributed by atoms with Gasteiger partial charge in [0.25, 0.3) is 0 Å². The van der Waals surface area contributed by atoms with E-state index in [0.29, 0.717) is 10.8 Å². The van der Waals surface area contributed by atoms with E-state index in [-0.39, 0.29) is 23.7 Å². The fourth-order valence-corrected chi connectivity index (χ4v) is 3.19. The van der Waals surface area contributed by atoms with Gasteiger partial charge in [-0.2, -0.15) is 0 Å². The Morgan fingerprint density at radius 3 is 2.88 bits per heavy atom. The van der Waals surface area contributed by atoms with Crippen LogP contribution in [0.3, 0.4) is 0 Å². The van der Waals surface area contributed by atoms with Gasteiger partial charge in [-0.3, -0.25) is 9.20 Å². The zero-order chi connectivity index (χ0) is 17.4. The number of amides is 1. The Hall–Kier alpha value is -2.66. The summed E-state index contributed by atoms with van der Waals surface area (Å²) in [5.41, 5.74) is 2.44. The molecular weight excluding hydrogens is 341 g/mol. The highest BCUT2D eigenvalue weighted by Crippen LogP contribution is 2.40. The summed E-state index contributed by atoms with van der Waals surface area (Å²) < 4.78 is 14.8. The fourth-order valence-electron chi connectivity index (χ4n) is 2.95. The van der Waals surface area contributed by atoms with Gasteiger partial charge >= 0.3 is 0 Å². The van der Waals surface area contributed by atoms with Crippen LogP contribution >= 0.6 is 11.6 Å². The molecule has 0 saturated heterocycles. The van der Waals surface area contributed by atoms with E-state index in [1.54, 1.807) is 18.2 Å². The normalized spacial score (nSPS) is 19.4. The molecule has 2 aromatic heterocycles. The monoisotopic (exact) mass is 355 g/mol. The Morgan fingerprint density at radius 2 is 2.08 bits per heavy atom. The lowest BCUT2D eigenvalue weighted by Crippen LogP contribution is -2.24. The van der Waals surface area contributed by atoms with Crippen LogP contribution in [0.15, 0.2) is 54.7 Å². The molecule has 4 nitrogen and oxygen atoms in total. The first kappa shape index (κ1) is 15.8. The van der Waals surface area contributed by atoms with Gasteiger partial charge in [0.15, 0.2) is 5.15 Å². The second-order valence-corrected chi connectivity index (χ2v) is 6.42. The van der Waals surface area contributed by atoms with Crippen LogP contribution in [0.1, 0.15) is 23.6 Å². The maximum absolute atomic E-state index is 13.0. The Bertz CT molecular complexity index is 964. The molecule has 1 fully saturated rings. The predicted octanol–water partition coefficient (Wildman–Crippen LogP) is 3.81. The van der Waals surface area contributed by atoms with Gasteiger partial charge in [0.1, 0.15) is 11.5 Å². The number of hydrogen-bond donors (Lipinski definition) is 1. The minimum atomic E-state index is -0.252. The number of nitrogens with zero attached hydrogens (tertiary/aromatic N) is 2. The summed E-state index contributed by atoms with van der Waals surface area (Å²) in [5, 5.41) is 3.31. The van der Waals surface area contributed by atoms with E-state index < -0.39 is 0 Å². The van der Waals surface area contributed by atoms with Gasteiger partial charge < -0.3 is 5.32 Å². The lowest BCUT2D eigenvalue weighted by atomic mass is 10.1.